The van der Waals surface area contributed by atoms with E-state index in [1.54, 1.807) is 16.2 Å². The number of hydrogen-bond acceptors (Lipinski definition) is 5. The summed E-state index contributed by atoms with van der Waals surface area (Å²) in [7, 11) is 0. The predicted octanol–water partition coefficient (Wildman–Crippen LogP) is 2.68. The molecule has 2 aromatic heterocycles. The van der Waals surface area contributed by atoms with E-state index >= 15 is 0 Å². The maximum atomic E-state index is 12.3. The van der Waals surface area contributed by atoms with Gasteiger partial charge < -0.3 is 19.4 Å². The summed E-state index contributed by atoms with van der Waals surface area (Å²) >= 11 is 1.63. The van der Waals surface area contributed by atoms with Gasteiger partial charge in [-0.15, -0.1) is 11.3 Å². The average Bonchev–Trinajstić information content (AvgIpc) is 3.16. The normalized spacial score (nSPS) is 18.2. The molecule has 0 aliphatic carbocycles. The van der Waals surface area contributed by atoms with Crippen LogP contribution in [-0.4, -0.2) is 42.2 Å². The lowest BCUT2D eigenvalue weighted by molar-refractivity contribution is -0.0263. The molecule has 7 heteroatoms. The first kappa shape index (κ1) is 16.0. The maximum Gasteiger partial charge on any atom is 0.317 e. The van der Waals surface area contributed by atoms with Gasteiger partial charge in [-0.25, -0.2) is 9.78 Å². The van der Waals surface area contributed by atoms with Crippen molar-refractivity contribution in [2.45, 2.75) is 26.4 Å². The fourth-order valence-corrected chi connectivity index (χ4v) is 3.21. The van der Waals surface area contributed by atoms with Crippen molar-refractivity contribution < 1.29 is 13.9 Å². The molecule has 1 atom stereocenters. The van der Waals surface area contributed by atoms with Crippen LogP contribution in [0.25, 0.3) is 0 Å². The maximum absolute atomic E-state index is 12.3. The molecule has 6 nitrogen and oxygen atoms in total. The predicted molar refractivity (Wildman–Crippen MR) is 87.7 cm³/mol. The van der Waals surface area contributed by atoms with E-state index in [0.29, 0.717) is 26.2 Å². The molecular weight excluding hydrogens is 314 g/mol. The topological polar surface area (TPSA) is 67.6 Å². The van der Waals surface area contributed by atoms with Crippen LogP contribution in [0.15, 0.2) is 21.9 Å². The third-order valence-electron chi connectivity index (χ3n) is 3.76. The molecule has 0 unspecified atom stereocenters. The molecular formula is C16H21N3O3S. The van der Waals surface area contributed by atoms with Gasteiger partial charge in [0.25, 0.3) is 0 Å². The van der Waals surface area contributed by atoms with Gasteiger partial charge in [0.05, 0.1) is 23.9 Å². The molecule has 0 aromatic carbocycles. The lowest BCUT2D eigenvalue weighted by Crippen LogP contribution is -2.47. The minimum absolute atomic E-state index is 0.0615. The summed E-state index contributed by atoms with van der Waals surface area (Å²) in [4.78, 5) is 18.5. The monoisotopic (exact) mass is 335 g/mol. The van der Waals surface area contributed by atoms with Crippen LogP contribution >= 0.6 is 11.3 Å². The van der Waals surface area contributed by atoms with Gasteiger partial charge >= 0.3 is 6.03 Å². The molecule has 1 N–H and O–H groups in total. The van der Waals surface area contributed by atoms with E-state index in [0.717, 1.165) is 28.6 Å². The molecule has 2 amide bonds. The van der Waals surface area contributed by atoms with Crippen LogP contribution in [0.2, 0.25) is 0 Å². The van der Waals surface area contributed by atoms with Crippen molar-refractivity contribution in [3.05, 3.63) is 39.7 Å². The quantitative estimate of drug-likeness (QED) is 0.933. The van der Waals surface area contributed by atoms with Gasteiger partial charge in [-0.2, -0.15) is 0 Å². The number of ether oxygens (including phenoxy) is 1. The molecule has 0 bridgehead atoms. The zero-order chi connectivity index (χ0) is 16.2. The number of morpholine rings is 1. The number of carbonyl (C=O) groups is 1. The third-order valence-corrected chi connectivity index (χ3v) is 4.58. The van der Waals surface area contributed by atoms with Gasteiger partial charge in [-0.05, 0) is 26.0 Å². The highest BCUT2D eigenvalue weighted by Gasteiger charge is 2.27. The molecule has 1 aliphatic rings. The van der Waals surface area contributed by atoms with Crippen molar-refractivity contribution in [2.75, 3.05) is 26.2 Å². The fourth-order valence-electron chi connectivity index (χ4n) is 2.56. The summed E-state index contributed by atoms with van der Waals surface area (Å²) in [6.45, 7) is 6.09. The molecule has 3 heterocycles. The lowest BCUT2D eigenvalue weighted by atomic mass is 10.2. The van der Waals surface area contributed by atoms with Crippen LogP contribution in [0.4, 0.5) is 4.79 Å². The lowest BCUT2D eigenvalue weighted by Gasteiger charge is -2.32. The number of carbonyl (C=O) groups excluding carboxylic acids is 1. The molecule has 0 radical (unpaired) electrons. The zero-order valence-corrected chi connectivity index (χ0v) is 14.2. The van der Waals surface area contributed by atoms with Gasteiger partial charge in [0.15, 0.2) is 0 Å². The van der Waals surface area contributed by atoms with Gasteiger partial charge in [-0.1, -0.05) is 0 Å². The minimum Gasteiger partial charge on any atom is -0.464 e. The van der Waals surface area contributed by atoms with Crippen LogP contribution in [0, 0.1) is 13.8 Å². The second-order valence-electron chi connectivity index (χ2n) is 5.59. The largest absolute Gasteiger partial charge is 0.464 e. The van der Waals surface area contributed by atoms with Crippen molar-refractivity contribution in [3.63, 3.8) is 0 Å². The molecule has 124 valence electrons. The summed E-state index contributed by atoms with van der Waals surface area (Å²) in [6.07, 6.45) is 0.561. The molecule has 0 saturated carbocycles. The summed E-state index contributed by atoms with van der Waals surface area (Å²) < 4.78 is 11.3. The molecule has 23 heavy (non-hydrogen) atoms. The van der Waals surface area contributed by atoms with Crippen LogP contribution in [0.1, 0.15) is 28.3 Å². The van der Waals surface area contributed by atoms with Gasteiger partial charge in [0.2, 0.25) is 0 Å². The average molecular weight is 335 g/mol. The van der Waals surface area contributed by atoms with Crippen molar-refractivity contribution in [1.82, 2.24) is 15.2 Å². The molecule has 0 spiro atoms. The summed E-state index contributed by atoms with van der Waals surface area (Å²) in [6, 6.07) is 3.76. The SMILES string of the molecule is Cc1ccc([C@@H]2CN(C(=O)NCCc3csc(C)n3)CCO2)o1. The highest BCUT2D eigenvalue weighted by molar-refractivity contribution is 7.09. The number of aryl methyl sites for hydroxylation is 2. The van der Waals surface area contributed by atoms with Crippen LogP contribution in [-0.2, 0) is 11.2 Å². The van der Waals surface area contributed by atoms with Gasteiger partial charge in [0, 0.05) is 24.9 Å². The first-order valence-electron chi connectivity index (χ1n) is 7.73. The van der Waals surface area contributed by atoms with Gasteiger partial charge in [0.1, 0.15) is 17.6 Å². The Morgan fingerprint density at radius 2 is 2.35 bits per heavy atom. The summed E-state index contributed by atoms with van der Waals surface area (Å²) in [5.41, 5.74) is 1.03. The Hall–Kier alpha value is -1.86. The molecule has 1 fully saturated rings. The van der Waals surface area contributed by atoms with Crippen molar-refractivity contribution >= 4 is 17.4 Å². The van der Waals surface area contributed by atoms with Crippen LogP contribution < -0.4 is 5.32 Å². The highest BCUT2D eigenvalue weighted by Crippen LogP contribution is 2.24. The third kappa shape index (κ3) is 4.11. The Labute approximate surface area is 139 Å². The smallest absolute Gasteiger partial charge is 0.317 e. The van der Waals surface area contributed by atoms with Crippen molar-refractivity contribution in [2.24, 2.45) is 0 Å². The first-order valence-corrected chi connectivity index (χ1v) is 8.61. The Kier molecular flexibility index (Phi) is 4.97. The first-order chi connectivity index (χ1) is 11.1. The number of nitrogens with one attached hydrogen (secondary N) is 1. The number of urea groups is 1. The number of nitrogens with zero attached hydrogens (tertiary/aromatic N) is 2. The molecule has 3 rings (SSSR count). The second-order valence-corrected chi connectivity index (χ2v) is 6.66. The van der Waals surface area contributed by atoms with Crippen molar-refractivity contribution in [1.29, 1.82) is 0 Å². The summed E-state index contributed by atoms with van der Waals surface area (Å²) in [5.74, 6) is 1.63. The standard InChI is InChI=1S/C16H21N3O3S/c1-11-3-4-14(22-11)15-9-19(7-8-21-15)16(20)17-6-5-13-10-23-12(2)18-13/h3-4,10,15H,5-9H2,1-2H3,(H,17,20)/t15-/m0/s1. The Bertz CT molecular complexity index is 667. The van der Waals surface area contributed by atoms with E-state index in [1.807, 2.05) is 31.4 Å². The van der Waals surface area contributed by atoms with E-state index in [4.69, 9.17) is 9.15 Å². The van der Waals surface area contributed by atoms with Crippen molar-refractivity contribution in [3.8, 4) is 0 Å². The minimum atomic E-state index is -0.190. The number of aromatic nitrogens is 1. The van der Waals surface area contributed by atoms with Crippen LogP contribution in [0.3, 0.4) is 0 Å². The fraction of sp³-hybridized carbons (Fsp3) is 0.500. The van der Waals surface area contributed by atoms with E-state index in [1.165, 1.54) is 0 Å². The highest BCUT2D eigenvalue weighted by atomic mass is 32.1. The Morgan fingerprint density at radius 1 is 1.48 bits per heavy atom. The van der Waals surface area contributed by atoms with Crippen LogP contribution in [0.5, 0.6) is 0 Å². The number of amides is 2. The van der Waals surface area contributed by atoms with E-state index in [9.17, 15) is 4.79 Å². The second kappa shape index (κ2) is 7.14. The van der Waals surface area contributed by atoms with Gasteiger partial charge in [-0.3, -0.25) is 0 Å². The Morgan fingerprint density at radius 3 is 3.04 bits per heavy atom. The van der Waals surface area contributed by atoms with E-state index < -0.39 is 0 Å². The Balaban J connectivity index is 1.48. The zero-order valence-electron chi connectivity index (χ0n) is 13.4. The number of hydrogen-bond donors (Lipinski definition) is 1. The number of furan rings is 1. The molecule has 1 aliphatic heterocycles. The van der Waals surface area contributed by atoms with E-state index in [2.05, 4.69) is 10.3 Å². The van der Waals surface area contributed by atoms with E-state index in [-0.39, 0.29) is 12.1 Å². The number of rotatable bonds is 4. The number of thiazole rings is 1. The summed E-state index contributed by atoms with van der Waals surface area (Å²) in [5, 5.41) is 6.04. The molecule has 1 saturated heterocycles. The molecule has 2 aromatic rings.